The number of nitrogens with one attached hydrogen (secondary N) is 1. The Bertz CT molecular complexity index is 2350. The van der Waals surface area contributed by atoms with Crippen molar-refractivity contribution in [2.24, 2.45) is 29.6 Å². The number of allylic oxidation sites excluding steroid dienone is 2. The number of fused-ring (bicyclic) bond motifs is 8. The van der Waals surface area contributed by atoms with Crippen LogP contribution < -0.4 is 41.5 Å². The van der Waals surface area contributed by atoms with E-state index in [1.54, 1.807) is 0 Å². The smallest absolute Gasteiger partial charge is 0.657 e. The maximum absolute atomic E-state index is 13.2. The minimum atomic E-state index is -0.838. The van der Waals surface area contributed by atoms with Crippen molar-refractivity contribution in [3.63, 3.8) is 0 Å². The quantitative estimate of drug-likeness (QED) is 0.0402. The standard InChI is InChI=1S/C52H69N4O4.Mg/c1-10-37-33(6)41-27-43-35(8)39(24-25-47(58)60-26-19-17-15-13-12-14-16-18-22-32(5)23-20-21-31(3)4)50(55-43)49-40(30-57)52(59)48-36(9)44(56-51(48)49)29-46-38(11-2)34(7)42(54-46)28-45(37)53-41;/h10,17,19,27-32,35,39-40,50,55,59H,1,11-16,18,20-26H2,2-9H3;/q-3;+2/b19-17+,42-28-,43-27-,46-29-;/t32-,35-,39-,40+,50?;/m0./s1. The van der Waals surface area contributed by atoms with Crippen molar-refractivity contribution in [1.82, 2.24) is 20.3 Å². The van der Waals surface area contributed by atoms with Crippen molar-refractivity contribution in [2.75, 3.05) is 6.61 Å². The van der Waals surface area contributed by atoms with E-state index in [1.807, 2.05) is 31.2 Å². The maximum atomic E-state index is 13.2. The van der Waals surface area contributed by atoms with Crippen molar-refractivity contribution in [3.8, 4) is 0 Å². The molecule has 1 aliphatic carbocycles. The van der Waals surface area contributed by atoms with Gasteiger partial charge >= 0.3 is 29.0 Å². The summed E-state index contributed by atoms with van der Waals surface area (Å²) in [6.45, 7) is 21.8. The summed E-state index contributed by atoms with van der Waals surface area (Å²) in [7, 11) is 0. The molecule has 2 aliphatic heterocycles. The molecule has 3 aliphatic rings. The minimum absolute atomic E-state index is 0. The van der Waals surface area contributed by atoms with Gasteiger partial charge in [0.1, 0.15) is 18.7 Å². The molecule has 0 aromatic carbocycles. The van der Waals surface area contributed by atoms with Crippen LogP contribution in [0, 0.1) is 50.4 Å². The normalized spacial score (nSPS) is 21.6. The molecule has 1 saturated heterocycles. The topological polar surface area (TPSA) is 118 Å². The molecule has 5 atom stereocenters. The van der Waals surface area contributed by atoms with E-state index >= 15 is 0 Å². The van der Waals surface area contributed by atoms with Crippen molar-refractivity contribution < 1.29 is 19.4 Å². The fourth-order valence-corrected chi connectivity index (χ4v) is 9.83. The summed E-state index contributed by atoms with van der Waals surface area (Å²) in [5.74, 6) is 0.491. The van der Waals surface area contributed by atoms with Gasteiger partial charge in [0.15, 0.2) is 0 Å². The zero-order chi connectivity index (χ0) is 43.1. The number of nitrogens with zero attached hydrogens (tertiary/aromatic N) is 3. The molecule has 6 rings (SSSR count). The maximum Gasteiger partial charge on any atom is 2.00 e. The molecule has 8 bridgehead atoms. The van der Waals surface area contributed by atoms with Gasteiger partial charge in [-0.1, -0.05) is 151 Å². The Morgan fingerprint density at radius 1 is 0.885 bits per heavy atom. The van der Waals surface area contributed by atoms with Gasteiger partial charge in [0, 0.05) is 23.3 Å². The largest absolute Gasteiger partial charge is 2.00 e. The van der Waals surface area contributed by atoms with Crippen LogP contribution in [0.4, 0.5) is 0 Å². The Balaban J connectivity index is 0.00000704. The van der Waals surface area contributed by atoms with Crippen LogP contribution in [0.3, 0.4) is 0 Å². The number of aromatic nitrogens is 3. The van der Waals surface area contributed by atoms with Crippen LogP contribution in [-0.2, 0) is 20.7 Å². The molecule has 2 N–H and O–H groups in total. The molecule has 1 unspecified atom stereocenters. The van der Waals surface area contributed by atoms with Gasteiger partial charge in [0.25, 0.3) is 0 Å². The second kappa shape index (κ2) is 21.9. The van der Waals surface area contributed by atoms with Crippen LogP contribution in [0.2, 0.25) is 0 Å². The van der Waals surface area contributed by atoms with Crippen LogP contribution in [0.1, 0.15) is 157 Å². The molecular formula is C52H69MgN4O4-. The van der Waals surface area contributed by atoms with E-state index in [1.165, 1.54) is 51.4 Å². The number of carbonyl (C=O) groups excluding carboxylic acids is 2. The summed E-state index contributed by atoms with van der Waals surface area (Å²) in [4.78, 5) is 41.4. The second-order valence-corrected chi connectivity index (χ2v) is 18.2. The number of ether oxygens (including phenoxy) is 1. The summed E-state index contributed by atoms with van der Waals surface area (Å²) in [6.07, 6.45) is 27.2. The van der Waals surface area contributed by atoms with Gasteiger partial charge < -0.3 is 34.9 Å². The average Bonchev–Trinajstić information content (AvgIpc) is 3.96. The Labute approximate surface area is 380 Å². The number of aliphatic hydroxyl groups is 1. The van der Waals surface area contributed by atoms with Crippen LogP contribution in [-0.4, -0.2) is 53.1 Å². The Morgan fingerprint density at radius 3 is 2.31 bits per heavy atom. The fourth-order valence-electron chi connectivity index (χ4n) is 9.83. The van der Waals surface area contributed by atoms with E-state index in [4.69, 9.17) is 19.7 Å². The number of hydrogen-bond donors (Lipinski definition) is 2. The fraction of sp³-hybridized carbons (Fsp3) is 0.538. The third-order valence-corrected chi connectivity index (χ3v) is 13.6. The first kappa shape index (κ1) is 48.1. The third-order valence-electron chi connectivity index (χ3n) is 13.6. The Hall–Kier alpha value is -3.95. The molecule has 324 valence electrons. The Morgan fingerprint density at radius 2 is 1.59 bits per heavy atom. The second-order valence-electron chi connectivity index (χ2n) is 18.2. The van der Waals surface area contributed by atoms with Crippen molar-refractivity contribution in [3.05, 3.63) is 90.6 Å². The SMILES string of the molecule is C=Cc1c2[n-]c(c1C)/C=C1\NC(C3=c4[n-]c(c(C)c4=C(O)[C@@H]3C=O)/C=c3\[n-]/c(c(C)c3CC)=C\2)[C@@H](CCC(=O)OC/C=C/CCCCCCC[C@H](C)CCCC(C)C)[C@@H]1C.[Mg+2]. The first-order valence-electron chi connectivity index (χ1n) is 22.9. The number of rotatable bonds is 20. The van der Waals surface area contributed by atoms with Crippen molar-refractivity contribution in [1.29, 1.82) is 0 Å². The van der Waals surface area contributed by atoms with Crippen LogP contribution in [0.5, 0.6) is 0 Å². The van der Waals surface area contributed by atoms with E-state index in [-0.39, 0.29) is 65.7 Å². The van der Waals surface area contributed by atoms with E-state index in [9.17, 15) is 14.7 Å². The summed E-state index contributed by atoms with van der Waals surface area (Å²) in [5.41, 5.74) is 9.09. The first-order valence-corrected chi connectivity index (χ1v) is 22.9. The Kier molecular flexibility index (Phi) is 17.3. The van der Waals surface area contributed by atoms with E-state index in [2.05, 4.69) is 72.5 Å². The van der Waals surface area contributed by atoms with E-state index in [0.29, 0.717) is 17.0 Å². The van der Waals surface area contributed by atoms with Gasteiger partial charge in [-0.3, -0.25) is 4.79 Å². The zero-order valence-electron chi connectivity index (χ0n) is 38.3. The van der Waals surface area contributed by atoms with Gasteiger partial charge in [-0.2, -0.15) is 0 Å². The van der Waals surface area contributed by atoms with Gasteiger partial charge in [0.05, 0.1) is 12.0 Å². The number of carbonyl (C=O) groups is 2. The van der Waals surface area contributed by atoms with Crippen molar-refractivity contribution >= 4 is 70.9 Å². The third kappa shape index (κ3) is 10.8. The number of hydrogen-bond acceptors (Lipinski definition) is 5. The molecule has 9 heteroatoms. The molecule has 3 aromatic rings. The predicted molar refractivity (Wildman–Crippen MR) is 250 cm³/mol. The molecule has 61 heavy (non-hydrogen) atoms. The molecular weight excluding hydrogens is 769 g/mol. The van der Waals surface area contributed by atoms with Gasteiger partial charge in [-0.15, -0.1) is 33.1 Å². The zero-order valence-corrected chi connectivity index (χ0v) is 39.7. The van der Waals surface area contributed by atoms with Crippen LogP contribution in [0.15, 0.2) is 24.4 Å². The number of aliphatic hydroxyl groups excluding tert-OH is 1. The van der Waals surface area contributed by atoms with Crippen molar-refractivity contribution in [2.45, 2.75) is 145 Å². The number of unbranched alkanes of at least 4 members (excludes halogenated alkanes) is 5. The first-order chi connectivity index (χ1) is 28.9. The van der Waals surface area contributed by atoms with Gasteiger partial charge in [-0.05, 0) is 75.3 Å². The molecule has 1 fully saturated rings. The molecule has 0 amide bonds. The number of esters is 1. The summed E-state index contributed by atoms with van der Waals surface area (Å²) in [6, 6.07) is -0.358. The summed E-state index contributed by atoms with van der Waals surface area (Å²) in [5, 5.41) is 18.4. The van der Waals surface area contributed by atoms with Crippen LogP contribution >= 0.6 is 0 Å². The molecule has 3 aromatic heterocycles. The molecule has 0 radical (unpaired) electrons. The number of aldehydes is 1. The van der Waals surface area contributed by atoms with Gasteiger partial charge in [-0.25, -0.2) is 0 Å². The molecule has 0 spiro atoms. The molecule has 5 heterocycles. The van der Waals surface area contributed by atoms with E-state index in [0.717, 1.165) is 104 Å². The van der Waals surface area contributed by atoms with E-state index < -0.39 is 5.92 Å². The monoisotopic (exact) mass is 838 g/mol. The van der Waals surface area contributed by atoms with Crippen LogP contribution in [0.25, 0.3) is 35.6 Å². The predicted octanol–water partition coefficient (Wildman–Crippen LogP) is 7.26. The summed E-state index contributed by atoms with van der Waals surface area (Å²) < 4.78 is 5.69. The molecule has 8 nitrogen and oxygen atoms in total. The summed E-state index contributed by atoms with van der Waals surface area (Å²) >= 11 is 0. The van der Waals surface area contributed by atoms with Gasteiger partial charge in [0.2, 0.25) is 0 Å². The average molecular weight is 838 g/mol. The molecule has 0 saturated carbocycles. The minimum Gasteiger partial charge on any atom is -0.657 e.